The zero-order chi connectivity index (χ0) is 18.8. The number of rotatable bonds is 5. The van der Waals surface area contributed by atoms with Crippen molar-refractivity contribution in [2.75, 3.05) is 12.4 Å². The van der Waals surface area contributed by atoms with Crippen LogP contribution >= 0.6 is 27.3 Å². The molecule has 0 aliphatic heterocycles. The molecule has 0 spiro atoms. The quantitative estimate of drug-likeness (QED) is 0.388. The van der Waals surface area contributed by atoms with Gasteiger partial charge in [-0.15, -0.1) is 11.3 Å². The number of nitrogens with zero attached hydrogens (tertiary/aromatic N) is 2. The van der Waals surface area contributed by atoms with Crippen LogP contribution in [0, 0.1) is 0 Å². The molecule has 4 rings (SSSR count). The fraction of sp³-hybridized carbons (Fsp3) is 0.143. The largest absolute Gasteiger partial charge is 0.495 e. The molecule has 0 bridgehead atoms. The molecule has 0 atom stereocenters. The van der Waals surface area contributed by atoms with Gasteiger partial charge in [0.25, 0.3) is 0 Å². The van der Waals surface area contributed by atoms with E-state index < -0.39 is 0 Å². The summed E-state index contributed by atoms with van der Waals surface area (Å²) < 4.78 is 6.54. The smallest absolute Gasteiger partial charge is 0.143 e. The summed E-state index contributed by atoms with van der Waals surface area (Å²) in [7, 11) is 1.67. The van der Waals surface area contributed by atoms with E-state index in [9.17, 15) is 0 Å². The molecule has 136 valence electrons. The van der Waals surface area contributed by atoms with Crippen LogP contribution in [0.5, 0.6) is 5.75 Å². The topological polar surface area (TPSA) is 47.0 Å². The molecular formula is C21H18BrN3OS. The highest BCUT2D eigenvalue weighted by Crippen LogP contribution is 2.42. The molecule has 6 heteroatoms. The number of benzene rings is 2. The first-order valence-corrected chi connectivity index (χ1v) is 10.2. The van der Waals surface area contributed by atoms with Gasteiger partial charge in [-0.25, -0.2) is 9.97 Å². The van der Waals surface area contributed by atoms with Crippen LogP contribution < -0.4 is 10.1 Å². The molecule has 2 aromatic carbocycles. The summed E-state index contributed by atoms with van der Waals surface area (Å²) in [6.07, 6.45) is 2.56. The van der Waals surface area contributed by atoms with Gasteiger partial charge in [-0.3, -0.25) is 0 Å². The van der Waals surface area contributed by atoms with Crippen molar-refractivity contribution < 1.29 is 4.74 Å². The molecule has 0 fully saturated rings. The zero-order valence-corrected chi connectivity index (χ0v) is 17.4. The van der Waals surface area contributed by atoms with E-state index in [1.54, 1.807) is 24.8 Å². The highest BCUT2D eigenvalue weighted by Gasteiger charge is 2.18. The van der Waals surface area contributed by atoms with Crippen LogP contribution in [-0.4, -0.2) is 17.1 Å². The van der Waals surface area contributed by atoms with Gasteiger partial charge in [0.2, 0.25) is 0 Å². The van der Waals surface area contributed by atoms with Gasteiger partial charge in [0.1, 0.15) is 22.7 Å². The molecule has 0 aliphatic carbocycles. The van der Waals surface area contributed by atoms with Crippen LogP contribution in [0.15, 0.2) is 59.3 Å². The van der Waals surface area contributed by atoms with Gasteiger partial charge in [-0.05, 0) is 36.2 Å². The van der Waals surface area contributed by atoms with Crippen LogP contribution in [0.25, 0.3) is 21.3 Å². The number of aromatic nitrogens is 2. The number of methoxy groups -OCH3 is 1. The molecule has 27 heavy (non-hydrogen) atoms. The second-order valence-corrected chi connectivity index (χ2v) is 7.99. The van der Waals surface area contributed by atoms with E-state index in [0.29, 0.717) is 0 Å². The monoisotopic (exact) mass is 439 g/mol. The first-order chi connectivity index (χ1) is 13.2. The Kier molecular flexibility index (Phi) is 5.09. The Balaban J connectivity index is 1.91. The molecule has 0 radical (unpaired) electrons. The van der Waals surface area contributed by atoms with Crippen LogP contribution in [0.1, 0.15) is 11.8 Å². The third kappa shape index (κ3) is 3.42. The van der Waals surface area contributed by atoms with E-state index in [2.05, 4.69) is 62.4 Å². The van der Waals surface area contributed by atoms with Gasteiger partial charge < -0.3 is 10.1 Å². The average molecular weight is 440 g/mol. The minimum atomic E-state index is 0.778. The van der Waals surface area contributed by atoms with Crippen molar-refractivity contribution in [1.82, 2.24) is 9.97 Å². The number of fused-ring (bicyclic) bond motifs is 1. The van der Waals surface area contributed by atoms with Gasteiger partial charge >= 0.3 is 0 Å². The summed E-state index contributed by atoms with van der Waals surface area (Å²) in [6.45, 7) is 2.17. The fourth-order valence-corrected chi connectivity index (χ4v) is 4.49. The predicted molar refractivity (Wildman–Crippen MR) is 116 cm³/mol. The van der Waals surface area contributed by atoms with Gasteiger partial charge in [-0.2, -0.15) is 0 Å². The van der Waals surface area contributed by atoms with Crippen LogP contribution in [-0.2, 0) is 6.42 Å². The molecule has 0 unspecified atom stereocenters. The Labute approximate surface area is 170 Å². The van der Waals surface area contributed by atoms with Crippen molar-refractivity contribution in [3.63, 3.8) is 0 Å². The van der Waals surface area contributed by atoms with Crippen LogP contribution in [0.3, 0.4) is 0 Å². The number of thiophene rings is 1. The Morgan fingerprint density at radius 2 is 1.85 bits per heavy atom. The van der Waals surface area contributed by atoms with Crippen LogP contribution in [0.4, 0.5) is 11.5 Å². The third-order valence-corrected chi connectivity index (χ3v) is 6.15. The van der Waals surface area contributed by atoms with E-state index in [1.165, 1.54) is 16.0 Å². The lowest BCUT2D eigenvalue weighted by Crippen LogP contribution is -1.98. The second kappa shape index (κ2) is 7.66. The third-order valence-electron chi connectivity index (χ3n) is 4.38. The summed E-state index contributed by atoms with van der Waals surface area (Å²) in [4.78, 5) is 11.4. The summed E-state index contributed by atoms with van der Waals surface area (Å²) in [5.74, 6) is 1.57. The van der Waals surface area contributed by atoms with E-state index in [1.807, 2.05) is 24.3 Å². The Bertz CT molecular complexity index is 1090. The van der Waals surface area contributed by atoms with Crippen molar-refractivity contribution in [2.24, 2.45) is 0 Å². The fourth-order valence-electron chi connectivity index (χ4n) is 3.12. The average Bonchev–Trinajstić information content (AvgIpc) is 3.09. The van der Waals surface area contributed by atoms with E-state index in [0.717, 1.165) is 38.4 Å². The molecule has 2 aromatic heterocycles. The Morgan fingerprint density at radius 1 is 1.07 bits per heavy atom. The lowest BCUT2D eigenvalue weighted by atomic mass is 10.0. The SMILES string of the molecule is CCc1sc2ncnc(Nc3ccccc3OC)c2c1-c1ccc(Br)cc1. The number of aryl methyl sites for hydroxylation is 1. The zero-order valence-electron chi connectivity index (χ0n) is 15.0. The molecule has 0 saturated carbocycles. The maximum atomic E-state index is 5.48. The summed E-state index contributed by atoms with van der Waals surface area (Å²) in [5.41, 5.74) is 3.24. The number of hydrogen-bond donors (Lipinski definition) is 1. The standard InChI is InChI=1S/C21H18BrN3OS/c1-3-17-18(13-8-10-14(22)11-9-13)19-20(23-12-24-21(19)27-17)25-15-6-4-5-7-16(15)26-2/h4-12H,3H2,1-2H3,(H,23,24,25). The van der Waals surface area contributed by atoms with Crippen molar-refractivity contribution in [2.45, 2.75) is 13.3 Å². The highest BCUT2D eigenvalue weighted by molar-refractivity contribution is 9.10. The van der Waals surface area contributed by atoms with Crippen molar-refractivity contribution >= 4 is 49.0 Å². The maximum Gasteiger partial charge on any atom is 0.143 e. The molecule has 2 heterocycles. The lowest BCUT2D eigenvalue weighted by molar-refractivity contribution is 0.417. The number of nitrogens with one attached hydrogen (secondary N) is 1. The Hall–Kier alpha value is -2.44. The number of anilines is 2. The molecular weight excluding hydrogens is 422 g/mol. The summed E-state index contributed by atoms with van der Waals surface area (Å²) >= 11 is 5.24. The minimum absolute atomic E-state index is 0.778. The van der Waals surface area contributed by atoms with Crippen LogP contribution in [0.2, 0.25) is 0 Å². The number of para-hydroxylation sites is 2. The van der Waals surface area contributed by atoms with Gasteiger partial charge in [0.15, 0.2) is 0 Å². The summed E-state index contributed by atoms with van der Waals surface area (Å²) in [6, 6.07) is 16.2. The molecule has 4 nitrogen and oxygen atoms in total. The van der Waals surface area contributed by atoms with E-state index in [-0.39, 0.29) is 0 Å². The van der Waals surface area contributed by atoms with Gasteiger partial charge in [0, 0.05) is 14.9 Å². The normalized spacial score (nSPS) is 10.9. The van der Waals surface area contributed by atoms with Crippen molar-refractivity contribution in [1.29, 1.82) is 0 Å². The minimum Gasteiger partial charge on any atom is -0.495 e. The second-order valence-electron chi connectivity index (χ2n) is 5.99. The van der Waals surface area contributed by atoms with Crippen molar-refractivity contribution in [3.8, 4) is 16.9 Å². The Morgan fingerprint density at radius 3 is 2.59 bits per heavy atom. The lowest BCUT2D eigenvalue weighted by Gasteiger charge is -2.12. The van der Waals surface area contributed by atoms with Gasteiger partial charge in [0.05, 0.1) is 18.2 Å². The summed E-state index contributed by atoms with van der Waals surface area (Å²) in [5, 5.41) is 4.50. The van der Waals surface area contributed by atoms with Gasteiger partial charge in [-0.1, -0.05) is 47.1 Å². The maximum absolute atomic E-state index is 5.48. The van der Waals surface area contributed by atoms with E-state index >= 15 is 0 Å². The number of halogens is 1. The molecule has 0 aliphatic rings. The molecule has 1 N–H and O–H groups in total. The predicted octanol–water partition coefficient (Wildman–Crippen LogP) is 6.44. The van der Waals surface area contributed by atoms with Crippen molar-refractivity contribution in [3.05, 3.63) is 64.2 Å². The highest BCUT2D eigenvalue weighted by atomic mass is 79.9. The first kappa shape index (κ1) is 17.9. The molecule has 4 aromatic rings. The molecule has 0 amide bonds. The number of hydrogen-bond acceptors (Lipinski definition) is 5. The number of ether oxygens (including phenoxy) is 1. The molecule has 0 saturated heterocycles. The van der Waals surface area contributed by atoms with E-state index in [4.69, 9.17) is 4.74 Å². The first-order valence-electron chi connectivity index (χ1n) is 8.63.